The summed E-state index contributed by atoms with van der Waals surface area (Å²) >= 11 is 0. The highest BCUT2D eigenvalue weighted by molar-refractivity contribution is 5.96. The number of aromatic nitrogens is 3. The third-order valence-corrected chi connectivity index (χ3v) is 6.49. The number of carbonyl (C=O) groups excluding carboxylic acids is 2. The number of hydrogen-bond donors (Lipinski definition) is 1. The topological polar surface area (TPSA) is 104 Å². The Bertz CT molecular complexity index is 1030. The SMILES string of the molecule is CNc1nc(C2CCCN(C(C)=O)C2)nc2c1CCN(C(=O)c1c(C(C)C)noc1C)C2. The summed E-state index contributed by atoms with van der Waals surface area (Å²) in [5, 5.41) is 7.32. The summed E-state index contributed by atoms with van der Waals surface area (Å²) in [7, 11) is 1.86. The molecule has 172 valence electrons. The number of rotatable bonds is 4. The van der Waals surface area contributed by atoms with Gasteiger partial charge >= 0.3 is 0 Å². The lowest BCUT2D eigenvalue weighted by molar-refractivity contribution is -0.130. The van der Waals surface area contributed by atoms with Crippen molar-refractivity contribution in [2.24, 2.45) is 0 Å². The molecule has 2 aliphatic rings. The molecule has 1 N–H and O–H groups in total. The van der Waals surface area contributed by atoms with Crippen molar-refractivity contribution in [1.82, 2.24) is 24.9 Å². The van der Waals surface area contributed by atoms with Gasteiger partial charge in [-0.3, -0.25) is 9.59 Å². The van der Waals surface area contributed by atoms with E-state index in [1.165, 1.54) is 0 Å². The van der Waals surface area contributed by atoms with Gasteiger partial charge in [0, 0.05) is 45.1 Å². The predicted octanol–water partition coefficient (Wildman–Crippen LogP) is 2.86. The smallest absolute Gasteiger partial charge is 0.259 e. The molecule has 9 heteroatoms. The predicted molar refractivity (Wildman–Crippen MR) is 120 cm³/mol. The first-order chi connectivity index (χ1) is 15.3. The minimum atomic E-state index is -0.0651. The average molecular weight is 441 g/mol. The molecule has 4 heterocycles. The summed E-state index contributed by atoms with van der Waals surface area (Å²) in [6, 6.07) is 0. The van der Waals surface area contributed by atoms with E-state index < -0.39 is 0 Å². The van der Waals surface area contributed by atoms with Crippen LogP contribution in [0.3, 0.4) is 0 Å². The second-order valence-corrected chi connectivity index (χ2v) is 9.04. The van der Waals surface area contributed by atoms with Crippen LogP contribution < -0.4 is 5.32 Å². The molecular weight excluding hydrogens is 408 g/mol. The quantitative estimate of drug-likeness (QED) is 0.779. The van der Waals surface area contributed by atoms with Gasteiger partial charge in [-0.1, -0.05) is 19.0 Å². The van der Waals surface area contributed by atoms with Gasteiger partial charge in [0.1, 0.15) is 23.0 Å². The van der Waals surface area contributed by atoms with E-state index in [0.29, 0.717) is 43.1 Å². The number of amides is 2. The van der Waals surface area contributed by atoms with Gasteiger partial charge in [-0.25, -0.2) is 9.97 Å². The van der Waals surface area contributed by atoms with E-state index in [2.05, 4.69) is 10.5 Å². The number of anilines is 1. The molecular formula is C23H32N6O3. The summed E-state index contributed by atoms with van der Waals surface area (Å²) in [5.74, 6) is 2.34. The van der Waals surface area contributed by atoms with Crippen LogP contribution in [0.2, 0.25) is 0 Å². The van der Waals surface area contributed by atoms with E-state index in [9.17, 15) is 9.59 Å². The molecule has 32 heavy (non-hydrogen) atoms. The van der Waals surface area contributed by atoms with Crippen LogP contribution in [-0.4, -0.2) is 63.4 Å². The maximum absolute atomic E-state index is 13.4. The van der Waals surface area contributed by atoms with Crippen molar-refractivity contribution in [3.8, 4) is 0 Å². The van der Waals surface area contributed by atoms with E-state index in [1.54, 1.807) is 13.8 Å². The number of aryl methyl sites for hydroxylation is 1. The highest BCUT2D eigenvalue weighted by Crippen LogP contribution is 2.31. The van der Waals surface area contributed by atoms with E-state index in [-0.39, 0.29) is 23.7 Å². The Morgan fingerprint density at radius 1 is 1.19 bits per heavy atom. The molecule has 9 nitrogen and oxygen atoms in total. The number of hydrogen-bond acceptors (Lipinski definition) is 7. The van der Waals surface area contributed by atoms with Gasteiger partial charge in [-0.2, -0.15) is 0 Å². The van der Waals surface area contributed by atoms with E-state index in [0.717, 1.165) is 42.3 Å². The van der Waals surface area contributed by atoms with Crippen LogP contribution >= 0.6 is 0 Å². The molecule has 0 spiro atoms. The maximum atomic E-state index is 13.4. The molecule has 2 aromatic rings. The molecule has 2 aromatic heterocycles. The van der Waals surface area contributed by atoms with Crippen molar-refractivity contribution in [2.75, 3.05) is 32.0 Å². The lowest BCUT2D eigenvalue weighted by Crippen LogP contribution is -2.39. The Balaban J connectivity index is 1.63. The minimum Gasteiger partial charge on any atom is -0.373 e. The zero-order valence-electron chi connectivity index (χ0n) is 19.6. The number of carbonyl (C=O) groups is 2. The molecule has 0 saturated carbocycles. The molecule has 0 aliphatic carbocycles. The fourth-order valence-corrected chi connectivity index (χ4v) is 4.69. The van der Waals surface area contributed by atoms with Crippen LogP contribution in [0.25, 0.3) is 0 Å². The number of likely N-dealkylation sites (tertiary alicyclic amines) is 1. The highest BCUT2D eigenvalue weighted by atomic mass is 16.5. The first-order valence-electron chi connectivity index (χ1n) is 11.4. The van der Waals surface area contributed by atoms with Crippen molar-refractivity contribution in [3.05, 3.63) is 34.1 Å². The molecule has 0 aromatic carbocycles. The van der Waals surface area contributed by atoms with Crippen LogP contribution in [0, 0.1) is 6.92 Å². The summed E-state index contributed by atoms with van der Waals surface area (Å²) < 4.78 is 5.34. The van der Waals surface area contributed by atoms with Crippen molar-refractivity contribution in [2.45, 2.75) is 65.3 Å². The average Bonchev–Trinajstić information content (AvgIpc) is 3.19. The highest BCUT2D eigenvalue weighted by Gasteiger charge is 2.32. The maximum Gasteiger partial charge on any atom is 0.259 e. The van der Waals surface area contributed by atoms with Crippen molar-refractivity contribution < 1.29 is 14.1 Å². The van der Waals surface area contributed by atoms with Crippen LogP contribution in [0.5, 0.6) is 0 Å². The second-order valence-electron chi connectivity index (χ2n) is 9.04. The molecule has 2 amide bonds. The minimum absolute atomic E-state index is 0.0651. The Labute approximate surface area is 188 Å². The normalized spacial score (nSPS) is 18.6. The lowest BCUT2D eigenvalue weighted by atomic mass is 9.96. The first kappa shape index (κ1) is 22.2. The van der Waals surface area contributed by atoms with Gasteiger partial charge in [0.2, 0.25) is 5.91 Å². The monoisotopic (exact) mass is 440 g/mol. The first-order valence-corrected chi connectivity index (χ1v) is 11.4. The molecule has 2 aliphatic heterocycles. The zero-order valence-corrected chi connectivity index (χ0v) is 19.6. The molecule has 1 saturated heterocycles. The van der Waals surface area contributed by atoms with Gasteiger partial charge in [-0.15, -0.1) is 0 Å². The summed E-state index contributed by atoms with van der Waals surface area (Å²) in [6.07, 6.45) is 2.57. The van der Waals surface area contributed by atoms with Gasteiger partial charge in [0.05, 0.1) is 17.9 Å². The van der Waals surface area contributed by atoms with Crippen LogP contribution in [-0.2, 0) is 17.8 Å². The van der Waals surface area contributed by atoms with Gasteiger partial charge in [0.25, 0.3) is 5.91 Å². The van der Waals surface area contributed by atoms with Gasteiger partial charge < -0.3 is 19.6 Å². The van der Waals surface area contributed by atoms with Crippen molar-refractivity contribution >= 4 is 17.6 Å². The number of nitrogens with one attached hydrogen (secondary N) is 1. The van der Waals surface area contributed by atoms with Crippen molar-refractivity contribution in [3.63, 3.8) is 0 Å². The number of nitrogens with zero attached hydrogens (tertiary/aromatic N) is 5. The third-order valence-electron chi connectivity index (χ3n) is 6.49. The van der Waals surface area contributed by atoms with Crippen LogP contribution in [0.1, 0.15) is 84.3 Å². The fraction of sp³-hybridized carbons (Fsp3) is 0.609. The van der Waals surface area contributed by atoms with Crippen LogP contribution in [0.4, 0.5) is 5.82 Å². The Kier molecular flexibility index (Phi) is 6.17. The van der Waals surface area contributed by atoms with Gasteiger partial charge in [-0.05, 0) is 32.1 Å². The third kappa shape index (κ3) is 4.08. The summed E-state index contributed by atoms with van der Waals surface area (Å²) in [5.41, 5.74) is 3.20. The molecule has 1 fully saturated rings. The lowest BCUT2D eigenvalue weighted by Gasteiger charge is -2.33. The standard InChI is InChI=1S/C23H32N6O3/c1-13(2)20-19(14(3)32-27-20)23(31)29-10-8-17-18(12-29)25-21(26-22(17)24-5)16-7-6-9-28(11-16)15(4)30/h13,16H,6-12H2,1-5H3,(H,24,25,26). The van der Waals surface area contributed by atoms with Gasteiger partial charge in [0.15, 0.2) is 0 Å². The number of piperidine rings is 1. The van der Waals surface area contributed by atoms with E-state index >= 15 is 0 Å². The molecule has 4 rings (SSSR count). The molecule has 1 unspecified atom stereocenters. The Morgan fingerprint density at radius 2 is 1.97 bits per heavy atom. The molecule has 0 bridgehead atoms. The molecule has 1 atom stereocenters. The second kappa shape index (κ2) is 8.88. The van der Waals surface area contributed by atoms with E-state index in [4.69, 9.17) is 14.5 Å². The summed E-state index contributed by atoms with van der Waals surface area (Å²) in [6.45, 7) is 9.84. The number of fused-ring (bicyclic) bond motifs is 1. The largest absolute Gasteiger partial charge is 0.373 e. The Hall–Kier alpha value is -2.97. The fourth-order valence-electron chi connectivity index (χ4n) is 4.69. The summed E-state index contributed by atoms with van der Waals surface area (Å²) in [4.78, 5) is 38.7. The van der Waals surface area contributed by atoms with Crippen molar-refractivity contribution in [1.29, 1.82) is 0 Å². The van der Waals surface area contributed by atoms with E-state index in [1.807, 2.05) is 30.7 Å². The zero-order chi connectivity index (χ0) is 23.0. The van der Waals surface area contributed by atoms with Crippen LogP contribution in [0.15, 0.2) is 4.52 Å². The Morgan fingerprint density at radius 3 is 2.66 bits per heavy atom. The molecule has 0 radical (unpaired) electrons.